The van der Waals surface area contributed by atoms with E-state index >= 15 is 0 Å². The average molecular weight is 293 g/mol. The quantitative estimate of drug-likeness (QED) is 0.841. The summed E-state index contributed by atoms with van der Waals surface area (Å²) < 4.78 is 0. The first-order valence-corrected chi connectivity index (χ1v) is 9.56. The lowest BCUT2D eigenvalue weighted by Gasteiger charge is -2.41. The van der Waals surface area contributed by atoms with E-state index < -0.39 is 0 Å². The summed E-state index contributed by atoms with van der Waals surface area (Å²) in [7, 11) is 0. The van der Waals surface area contributed by atoms with E-state index in [-0.39, 0.29) is 0 Å². The molecule has 3 aliphatic rings. The Hall–Kier alpha value is -0.120. The lowest BCUT2D eigenvalue weighted by molar-refractivity contribution is 0.0834. The smallest absolute Gasteiger partial charge is 0.0120 e. The van der Waals surface area contributed by atoms with Gasteiger partial charge in [0.15, 0.2) is 0 Å². The second-order valence-electron chi connectivity index (χ2n) is 7.48. The van der Waals surface area contributed by atoms with Crippen LogP contribution in [0.25, 0.3) is 0 Å². The Morgan fingerprint density at radius 1 is 0.857 bits per heavy atom. The van der Waals surface area contributed by atoms with E-state index in [1.165, 1.54) is 84.1 Å². The normalized spacial score (nSPS) is 33.6. The topological polar surface area (TPSA) is 18.5 Å². The van der Waals surface area contributed by atoms with Crippen LogP contribution >= 0.6 is 0 Å². The van der Waals surface area contributed by atoms with Crippen LogP contribution in [-0.2, 0) is 0 Å². The van der Waals surface area contributed by atoms with Crippen molar-refractivity contribution in [3.8, 4) is 0 Å². The fourth-order valence-corrected chi connectivity index (χ4v) is 4.87. The Labute approximate surface area is 131 Å². The van der Waals surface area contributed by atoms with Crippen molar-refractivity contribution in [2.45, 2.75) is 70.4 Å². The average Bonchev–Trinajstić information content (AvgIpc) is 2.96. The zero-order chi connectivity index (χ0) is 14.5. The number of likely N-dealkylation sites (tertiary alicyclic amines) is 2. The van der Waals surface area contributed by atoms with Gasteiger partial charge in [-0.3, -0.25) is 0 Å². The lowest BCUT2D eigenvalue weighted by atomic mass is 9.97. The van der Waals surface area contributed by atoms with Crippen molar-refractivity contribution >= 4 is 0 Å². The third-order valence-electron chi connectivity index (χ3n) is 6.08. The highest BCUT2D eigenvalue weighted by Crippen LogP contribution is 2.28. The number of hydrogen-bond donors (Lipinski definition) is 1. The third kappa shape index (κ3) is 4.20. The van der Waals surface area contributed by atoms with Crippen molar-refractivity contribution in [2.75, 3.05) is 39.3 Å². The molecule has 122 valence electrons. The van der Waals surface area contributed by atoms with Gasteiger partial charge in [-0.05, 0) is 77.2 Å². The van der Waals surface area contributed by atoms with Gasteiger partial charge in [-0.2, -0.15) is 0 Å². The molecule has 2 atom stereocenters. The molecule has 2 heterocycles. The van der Waals surface area contributed by atoms with E-state index in [2.05, 4.69) is 22.0 Å². The molecule has 2 saturated heterocycles. The Bertz CT molecular complexity index is 293. The van der Waals surface area contributed by atoms with E-state index in [4.69, 9.17) is 0 Å². The van der Waals surface area contributed by atoms with Gasteiger partial charge in [0, 0.05) is 18.6 Å². The van der Waals surface area contributed by atoms with Crippen LogP contribution in [0.15, 0.2) is 0 Å². The summed E-state index contributed by atoms with van der Waals surface area (Å²) in [4.78, 5) is 5.55. The maximum Gasteiger partial charge on any atom is 0.0120 e. The molecule has 1 aliphatic carbocycles. The second kappa shape index (κ2) is 7.94. The number of rotatable bonds is 5. The maximum atomic E-state index is 3.71. The standard InChI is InChI=1S/C18H35N3/c1-2-19-18-8-6-7-16(18)15-20-13-9-17(10-14-20)21-11-4-3-5-12-21/h16-19H,2-15H2,1H3. The molecule has 0 aromatic rings. The van der Waals surface area contributed by atoms with Gasteiger partial charge >= 0.3 is 0 Å². The van der Waals surface area contributed by atoms with E-state index in [9.17, 15) is 0 Å². The van der Waals surface area contributed by atoms with Crippen LogP contribution in [-0.4, -0.2) is 61.2 Å². The summed E-state index contributed by atoms with van der Waals surface area (Å²) in [6.07, 6.45) is 11.5. The summed E-state index contributed by atoms with van der Waals surface area (Å²) in [6, 6.07) is 1.70. The first-order chi connectivity index (χ1) is 10.4. The van der Waals surface area contributed by atoms with Crippen LogP contribution in [0.3, 0.4) is 0 Å². The highest BCUT2D eigenvalue weighted by Gasteiger charge is 2.31. The van der Waals surface area contributed by atoms with Gasteiger partial charge in [0.25, 0.3) is 0 Å². The predicted octanol–water partition coefficient (Wildman–Crippen LogP) is 2.71. The van der Waals surface area contributed by atoms with Crippen LogP contribution in [0.2, 0.25) is 0 Å². The Kier molecular flexibility index (Phi) is 5.96. The molecule has 0 bridgehead atoms. The maximum absolute atomic E-state index is 3.71. The minimum atomic E-state index is 0.801. The number of nitrogens with zero attached hydrogens (tertiary/aromatic N) is 2. The van der Waals surface area contributed by atoms with Crippen molar-refractivity contribution in [1.29, 1.82) is 0 Å². The van der Waals surface area contributed by atoms with Gasteiger partial charge in [0.05, 0.1) is 0 Å². The first kappa shape index (κ1) is 15.8. The Morgan fingerprint density at radius 3 is 2.33 bits per heavy atom. The predicted molar refractivity (Wildman–Crippen MR) is 89.7 cm³/mol. The molecule has 0 aromatic carbocycles. The molecule has 3 fully saturated rings. The zero-order valence-electron chi connectivity index (χ0n) is 14.0. The molecule has 0 spiro atoms. The Balaban J connectivity index is 1.41. The SMILES string of the molecule is CCNC1CCCC1CN1CCC(N2CCCCC2)CC1. The molecule has 1 saturated carbocycles. The lowest BCUT2D eigenvalue weighted by Crippen LogP contribution is -2.48. The minimum Gasteiger partial charge on any atom is -0.314 e. The highest BCUT2D eigenvalue weighted by atomic mass is 15.2. The van der Waals surface area contributed by atoms with Crippen LogP contribution in [0, 0.1) is 5.92 Å². The van der Waals surface area contributed by atoms with Crippen LogP contribution in [0.1, 0.15) is 58.3 Å². The van der Waals surface area contributed by atoms with E-state index in [0.717, 1.165) is 24.5 Å². The summed E-state index contributed by atoms with van der Waals surface area (Å²) in [5.74, 6) is 0.913. The van der Waals surface area contributed by atoms with Gasteiger partial charge in [0.2, 0.25) is 0 Å². The molecular weight excluding hydrogens is 258 g/mol. The molecule has 3 heteroatoms. The number of hydrogen-bond acceptors (Lipinski definition) is 3. The first-order valence-electron chi connectivity index (χ1n) is 9.56. The molecule has 3 rings (SSSR count). The molecule has 2 unspecified atom stereocenters. The van der Waals surface area contributed by atoms with E-state index in [1.807, 2.05) is 0 Å². The van der Waals surface area contributed by atoms with Gasteiger partial charge in [0.1, 0.15) is 0 Å². The van der Waals surface area contributed by atoms with Gasteiger partial charge < -0.3 is 15.1 Å². The summed E-state index contributed by atoms with van der Waals surface area (Å²) >= 11 is 0. The Morgan fingerprint density at radius 2 is 1.62 bits per heavy atom. The van der Waals surface area contributed by atoms with Gasteiger partial charge in [-0.1, -0.05) is 19.8 Å². The van der Waals surface area contributed by atoms with Crippen molar-refractivity contribution < 1.29 is 0 Å². The van der Waals surface area contributed by atoms with Crippen LogP contribution in [0.5, 0.6) is 0 Å². The molecule has 21 heavy (non-hydrogen) atoms. The van der Waals surface area contributed by atoms with Crippen molar-refractivity contribution in [2.24, 2.45) is 5.92 Å². The monoisotopic (exact) mass is 293 g/mol. The van der Waals surface area contributed by atoms with Crippen LogP contribution < -0.4 is 5.32 Å². The fourth-order valence-electron chi connectivity index (χ4n) is 4.87. The van der Waals surface area contributed by atoms with Crippen LogP contribution in [0.4, 0.5) is 0 Å². The van der Waals surface area contributed by atoms with Crippen molar-refractivity contribution in [3.63, 3.8) is 0 Å². The largest absolute Gasteiger partial charge is 0.314 e. The molecule has 0 amide bonds. The van der Waals surface area contributed by atoms with E-state index in [0.29, 0.717) is 0 Å². The fraction of sp³-hybridized carbons (Fsp3) is 1.00. The third-order valence-corrected chi connectivity index (χ3v) is 6.08. The molecule has 0 aromatic heterocycles. The van der Waals surface area contributed by atoms with E-state index in [1.54, 1.807) is 0 Å². The molecule has 3 nitrogen and oxygen atoms in total. The molecule has 0 radical (unpaired) electrons. The van der Waals surface area contributed by atoms with Crippen molar-refractivity contribution in [1.82, 2.24) is 15.1 Å². The number of nitrogens with one attached hydrogen (secondary N) is 1. The summed E-state index contributed by atoms with van der Waals surface area (Å²) in [6.45, 7) is 10.2. The molecule has 1 N–H and O–H groups in total. The molecule has 2 aliphatic heterocycles. The zero-order valence-corrected chi connectivity index (χ0v) is 14.0. The summed E-state index contributed by atoms with van der Waals surface area (Å²) in [5.41, 5.74) is 0. The highest BCUT2D eigenvalue weighted by molar-refractivity contribution is 4.87. The van der Waals surface area contributed by atoms with Crippen molar-refractivity contribution in [3.05, 3.63) is 0 Å². The minimum absolute atomic E-state index is 0.801. The second-order valence-corrected chi connectivity index (χ2v) is 7.48. The van der Waals surface area contributed by atoms with Gasteiger partial charge in [-0.25, -0.2) is 0 Å². The van der Waals surface area contributed by atoms with Gasteiger partial charge in [-0.15, -0.1) is 0 Å². The molecular formula is C18H35N3. The summed E-state index contributed by atoms with van der Waals surface area (Å²) in [5, 5.41) is 3.71. The number of piperidine rings is 2.